The van der Waals surface area contributed by atoms with E-state index in [4.69, 9.17) is 9.15 Å². The van der Waals surface area contributed by atoms with Crippen molar-refractivity contribution in [3.05, 3.63) is 200 Å². The highest BCUT2D eigenvalue weighted by molar-refractivity contribution is 6.10. The molecule has 3 heteroatoms. The summed E-state index contributed by atoms with van der Waals surface area (Å²) < 4.78 is 13.2. The van der Waals surface area contributed by atoms with E-state index in [1.54, 1.807) is 0 Å². The first-order valence-corrected chi connectivity index (χ1v) is 18.7. The molecule has 0 spiro atoms. The van der Waals surface area contributed by atoms with E-state index in [-0.39, 0.29) is 0 Å². The molecule has 3 nitrogen and oxygen atoms in total. The first-order valence-electron chi connectivity index (χ1n) is 18.7. The van der Waals surface area contributed by atoms with Gasteiger partial charge in [-0.05, 0) is 87.6 Å². The predicted molar refractivity (Wildman–Crippen MR) is 228 cm³/mol. The molecule has 0 fully saturated rings. The highest BCUT2D eigenvalue weighted by atomic mass is 16.5. The number of hydrogen-bond acceptors (Lipinski definition) is 3. The van der Waals surface area contributed by atoms with Crippen LogP contribution < -0.4 is 9.64 Å². The molecular formula is C52H33NO2. The van der Waals surface area contributed by atoms with E-state index in [2.05, 4.69) is 187 Å². The van der Waals surface area contributed by atoms with Crippen LogP contribution in [0.2, 0.25) is 0 Å². The molecule has 11 rings (SSSR count). The fourth-order valence-corrected chi connectivity index (χ4v) is 8.27. The normalized spacial score (nSPS) is 11.8. The molecule has 55 heavy (non-hydrogen) atoms. The van der Waals surface area contributed by atoms with Crippen molar-refractivity contribution in [2.24, 2.45) is 0 Å². The van der Waals surface area contributed by atoms with E-state index in [9.17, 15) is 0 Å². The second kappa shape index (κ2) is 12.6. The van der Waals surface area contributed by atoms with Crippen LogP contribution in [0, 0.1) is 0 Å². The summed E-state index contributed by atoms with van der Waals surface area (Å²) in [5.41, 5.74) is 14.0. The lowest BCUT2D eigenvalue weighted by atomic mass is 9.89. The Balaban J connectivity index is 1.08. The maximum absolute atomic E-state index is 6.74. The number of para-hydroxylation sites is 3. The molecule has 0 unspecified atom stereocenters. The number of nitrogens with zero attached hydrogens (tertiary/aromatic N) is 1. The zero-order valence-corrected chi connectivity index (χ0v) is 29.8. The van der Waals surface area contributed by atoms with Gasteiger partial charge in [0.2, 0.25) is 0 Å². The van der Waals surface area contributed by atoms with Gasteiger partial charge in [0.1, 0.15) is 22.7 Å². The Hall–Kier alpha value is -7.36. The average molecular weight is 704 g/mol. The second-order valence-corrected chi connectivity index (χ2v) is 14.1. The molecule has 1 aliphatic rings. The summed E-state index contributed by atoms with van der Waals surface area (Å²) in [7, 11) is 0. The lowest BCUT2D eigenvalue weighted by Crippen LogP contribution is -2.10. The van der Waals surface area contributed by atoms with E-state index in [0.29, 0.717) is 0 Å². The van der Waals surface area contributed by atoms with E-state index in [1.165, 1.54) is 27.5 Å². The number of ether oxygens (including phenoxy) is 1. The lowest BCUT2D eigenvalue weighted by molar-refractivity contribution is 0.488. The Morgan fingerprint density at radius 2 is 0.964 bits per heavy atom. The van der Waals surface area contributed by atoms with Crippen molar-refractivity contribution in [1.82, 2.24) is 0 Å². The molecule has 1 aliphatic heterocycles. The van der Waals surface area contributed by atoms with Crippen molar-refractivity contribution in [3.8, 4) is 56.0 Å². The molecule has 9 aromatic carbocycles. The van der Waals surface area contributed by atoms with Crippen LogP contribution in [0.5, 0.6) is 11.5 Å². The number of anilines is 3. The molecule has 0 radical (unpaired) electrons. The van der Waals surface area contributed by atoms with Gasteiger partial charge in [-0.15, -0.1) is 0 Å². The number of benzene rings is 9. The summed E-state index contributed by atoms with van der Waals surface area (Å²) >= 11 is 0. The zero-order chi connectivity index (χ0) is 36.3. The SMILES string of the molecule is c1ccc(-c2ccc(N(c3ccc(-c4cccc5c4oc4ccccc45)cc3)c3ccc4c(c3)-c3c(ccc5ccccc35)-c3ccccc3O4)cc2)cc1. The largest absolute Gasteiger partial charge is 0.456 e. The van der Waals surface area contributed by atoms with Gasteiger partial charge >= 0.3 is 0 Å². The smallest absolute Gasteiger partial charge is 0.143 e. The third-order valence-corrected chi connectivity index (χ3v) is 10.9. The van der Waals surface area contributed by atoms with Crippen molar-refractivity contribution < 1.29 is 9.15 Å². The van der Waals surface area contributed by atoms with Crippen LogP contribution in [0.25, 0.3) is 77.2 Å². The first-order chi connectivity index (χ1) is 27.3. The topological polar surface area (TPSA) is 25.6 Å². The summed E-state index contributed by atoms with van der Waals surface area (Å²) in [5, 5.41) is 4.65. The molecule has 0 saturated heterocycles. The number of fused-ring (bicyclic) bond motifs is 10. The molecule has 0 atom stereocenters. The molecule has 2 heterocycles. The Labute approximate surface area is 318 Å². The van der Waals surface area contributed by atoms with Gasteiger partial charge in [-0.2, -0.15) is 0 Å². The number of rotatable bonds is 5. The molecule has 0 aliphatic carbocycles. The van der Waals surface area contributed by atoms with Crippen molar-refractivity contribution in [2.45, 2.75) is 0 Å². The van der Waals surface area contributed by atoms with E-state index < -0.39 is 0 Å². The molecule has 0 saturated carbocycles. The maximum atomic E-state index is 6.74. The van der Waals surface area contributed by atoms with Gasteiger partial charge in [0.05, 0.1) is 0 Å². The van der Waals surface area contributed by atoms with Crippen molar-refractivity contribution in [1.29, 1.82) is 0 Å². The third-order valence-electron chi connectivity index (χ3n) is 10.9. The summed E-state index contributed by atoms with van der Waals surface area (Å²) in [6, 6.07) is 70.9. The van der Waals surface area contributed by atoms with Crippen LogP contribution >= 0.6 is 0 Å². The molecule has 1 aromatic heterocycles. The number of furan rings is 1. The fraction of sp³-hybridized carbons (Fsp3) is 0. The molecule has 0 amide bonds. The van der Waals surface area contributed by atoms with Crippen LogP contribution in [0.15, 0.2) is 205 Å². The van der Waals surface area contributed by atoms with Gasteiger partial charge in [-0.3, -0.25) is 0 Å². The Morgan fingerprint density at radius 3 is 1.80 bits per heavy atom. The van der Waals surface area contributed by atoms with Gasteiger partial charge in [0, 0.05) is 50.1 Å². The standard InChI is InChI=1S/C52H33NO2/c1-2-11-34(12-3-1)35-21-26-38(27-22-35)53(39-28-23-37(24-29-39)42-17-10-18-46-44-16-7-9-20-49(44)55-52(42)46)40-30-32-50-47(33-40)51-41-14-5-4-13-36(41)25-31-45(51)43-15-6-8-19-48(43)54-50/h1-33H. The summed E-state index contributed by atoms with van der Waals surface area (Å²) in [4.78, 5) is 2.34. The molecular weight excluding hydrogens is 671 g/mol. The quantitative estimate of drug-likeness (QED) is 0.178. The van der Waals surface area contributed by atoms with E-state index in [0.717, 1.165) is 78.3 Å². The molecule has 0 bridgehead atoms. The Morgan fingerprint density at radius 1 is 0.345 bits per heavy atom. The van der Waals surface area contributed by atoms with Crippen LogP contribution in [-0.2, 0) is 0 Å². The third kappa shape index (κ3) is 5.20. The van der Waals surface area contributed by atoms with Crippen LogP contribution in [0.4, 0.5) is 17.1 Å². The van der Waals surface area contributed by atoms with Crippen LogP contribution in [0.1, 0.15) is 0 Å². The zero-order valence-electron chi connectivity index (χ0n) is 29.8. The summed E-state index contributed by atoms with van der Waals surface area (Å²) in [6.07, 6.45) is 0. The predicted octanol–water partition coefficient (Wildman–Crippen LogP) is 15.0. The number of hydrogen-bond donors (Lipinski definition) is 0. The summed E-state index contributed by atoms with van der Waals surface area (Å²) in [5.74, 6) is 1.69. The molecule has 258 valence electrons. The Kier molecular flexibility index (Phi) is 7.17. The van der Waals surface area contributed by atoms with Gasteiger partial charge in [-0.25, -0.2) is 0 Å². The minimum atomic E-state index is 0.833. The van der Waals surface area contributed by atoms with Crippen molar-refractivity contribution in [2.75, 3.05) is 4.90 Å². The van der Waals surface area contributed by atoms with Gasteiger partial charge < -0.3 is 14.1 Å². The van der Waals surface area contributed by atoms with E-state index >= 15 is 0 Å². The minimum absolute atomic E-state index is 0.833. The molecule has 0 N–H and O–H groups in total. The monoisotopic (exact) mass is 703 g/mol. The first kappa shape index (κ1) is 31.2. The van der Waals surface area contributed by atoms with Crippen LogP contribution in [-0.4, -0.2) is 0 Å². The average Bonchev–Trinajstić information content (AvgIpc) is 3.57. The highest BCUT2D eigenvalue weighted by Crippen LogP contribution is 2.51. The maximum Gasteiger partial charge on any atom is 0.143 e. The minimum Gasteiger partial charge on any atom is -0.456 e. The highest BCUT2D eigenvalue weighted by Gasteiger charge is 2.25. The van der Waals surface area contributed by atoms with Crippen LogP contribution in [0.3, 0.4) is 0 Å². The Bertz CT molecular complexity index is 3050. The van der Waals surface area contributed by atoms with Gasteiger partial charge in [0.15, 0.2) is 0 Å². The second-order valence-electron chi connectivity index (χ2n) is 14.1. The van der Waals surface area contributed by atoms with E-state index in [1.807, 2.05) is 18.2 Å². The lowest BCUT2D eigenvalue weighted by Gasteiger charge is -2.27. The van der Waals surface area contributed by atoms with Gasteiger partial charge in [-0.1, -0.05) is 146 Å². The fourth-order valence-electron chi connectivity index (χ4n) is 8.27. The molecule has 10 aromatic rings. The summed E-state index contributed by atoms with van der Waals surface area (Å²) in [6.45, 7) is 0. The van der Waals surface area contributed by atoms with Crippen molar-refractivity contribution >= 4 is 49.8 Å². The van der Waals surface area contributed by atoms with Gasteiger partial charge in [0.25, 0.3) is 0 Å². The van der Waals surface area contributed by atoms with Crippen molar-refractivity contribution in [3.63, 3.8) is 0 Å².